The van der Waals surface area contributed by atoms with E-state index in [0.29, 0.717) is 4.88 Å². The summed E-state index contributed by atoms with van der Waals surface area (Å²) >= 11 is 4.63. The van der Waals surface area contributed by atoms with Crippen molar-refractivity contribution in [1.29, 1.82) is 0 Å². The van der Waals surface area contributed by atoms with E-state index in [1.54, 1.807) is 0 Å². The standard InChI is InChI=1S/C9H9BrO3S/c1-13-8(12)3-2-7(11)9-6(10)4-5-14-9/h4-5H,2-3H2,1H3. The van der Waals surface area contributed by atoms with Gasteiger partial charge in [0.2, 0.25) is 0 Å². The molecule has 0 aliphatic rings. The molecule has 0 saturated carbocycles. The second-order valence-corrected chi connectivity index (χ2v) is 4.37. The minimum absolute atomic E-state index is 0.0303. The summed E-state index contributed by atoms with van der Waals surface area (Å²) in [5.41, 5.74) is 0. The first-order valence-corrected chi connectivity index (χ1v) is 5.65. The highest BCUT2D eigenvalue weighted by atomic mass is 79.9. The number of carbonyl (C=O) groups excluding carboxylic acids is 2. The summed E-state index contributed by atoms with van der Waals surface area (Å²) in [4.78, 5) is 23.0. The van der Waals surface area contributed by atoms with E-state index in [9.17, 15) is 9.59 Å². The maximum absolute atomic E-state index is 11.5. The maximum atomic E-state index is 11.5. The van der Waals surface area contributed by atoms with Crippen molar-refractivity contribution >= 4 is 39.0 Å². The summed E-state index contributed by atoms with van der Waals surface area (Å²) in [6, 6.07) is 1.82. The Balaban J connectivity index is 2.52. The fraction of sp³-hybridized carbons (Fsp3) is 0.333. The van der Waals surface area contributed by atoms with Crippen molar-refractivity contribution in [3.8, 4) is 0 Å². The van der Waals surface area contributed by atoms with Crippen LogP contribution in [0.25, 0.3) is 0 Å². The van der Waals surface area contributed by atoms with E-state index in [1.165, 1.54) is 18.4 Å². The smallest absolute Gasteiger partial charge is 0.305 e. The monoisotopic (exact) mass is 276 g/mol. The Kier molecular flexibility index (Phi) is 4.28. The summed E-state index contributed by atoms with van der Waals surface area (Å²) in [5.74, 6) is -0.386. The Morgan fingerprint density at radius 3 is 2.71 bits per heavy atom. The second-order valence-electron chi connectivity index (χ2n) is 2.60. The Labute approximate surface area is 94.2 Å². The van der Waals surface area contributed by atoms with Crippen molar-refractivity contribution < 1.29 is 14.3 Å². The van der Waals surface area contributed by atoms with E-state index >= 15 is 0 Å². The molecular formula is C9H9BrO3S. The number of thiophene rings is 1. The van der Waals surface area contributed by atoms with Crippen LogP contribution in [-0.2, 0) is 9.53 Å². The number of ether oxygens (including phenoxy) is 1. The highest BCUT2D eigenvalue weighted by Gasteiger charge is 2.13. The largest absolute Gasteiger partial charge is 0.469 e. The molecule has 3 nitrogen and oxygen atoms in total. The lowest BCUT2D eigenvalue weighted by Gasteiger charge is -1.98. The molecule has 0 atom stereocenters. The van der Waals surface area contributed by atoms with Crippen LogP contribution in [0.5, 0.6) is 0 Å². The Morgan fingerprint density at radius 2 is 2.21 bits per heavy atom. The molecule has 5 heteroatoms. The third-order valence-corrected chi connectivity index (χ3v) is 3.53. The number of ketones is 1. The molecule has 0 aromatic carbocycles. The highest BCUT2D eigenvalue weighted by molar-refractivity contribution is 9.10. The van der Waals surface area contributed by atoms with E-state index < -0.39 is 0 Å². The van der Waals surface area contributed by atoms with E-state index in [4.69, 9.17) is 0 Å². The average Bonchev–Trinajstić information content (AvgIpc) is 2.60. The molecule has 1 aromatic heterocycles. The van der Waals surface area contributed by atoms with Gasteiger partial charge < -0.3 is 4.74 Å². The molecule has 1 heterocycles. The van der Waals surface area contributed by atoms with Gasteiger partial charge in [0.1, 0.15) is 0 Å². The molecule has 1 aromatic rings. The number of hydrogen-bond donors (Lipinski definition) is 0. The number of methoxy groups -OCH3 is 1. The molecule has 0 N–H and O–H groups in total. The van der Waals surface area contributed by atoms with Gasteiger partial charge in [-0.05, 0) is 27.4 Å². The zero-order valence-corrected chi connectivity index (χ0v) is 9.98. The van der Waals surface area contributed by atoms with Gasteiger partial charge in [0.05, 0.1) is 18.4 Å². The van der Waals surface area contributed by atoms with Crippen LogP contribution in [0.1, 0.15) is 22.5 Å². The molecule has 0 fully saturated rings. The van der Waals surface area contributed by atoms with E-state index in [1.807, 2.05) is 11.4 Å². The van der Waals surface area contributed by atoms with Gasteiger partial charge in [-0.2, -0.15) is 0 Å². The van der Waals surface area contributed by atoms with Crippen molar-refractivity contribution in [3.05, 3.63) is 20.8 Å². The normalized spacial score (nSPS) is 9.86. The molecule has 0 aliphatic carbocycles. The predicted octanol–water partition coefficient (Wildman–Crippen LogP) is 2.65. The molecule has 0 unspecified atom stereocenters. The fourth-order valence-electron chi connectivity index (χ4n) is 0.924. The van der Waals surface area contributed by atoms with Crippen molar-refractivity contribution in [2.24, 2.45) is 0 Å². The molecule has 0 saturated heterocycles. The lowest BCUT2D eigenvalue weighted by atomic mass is 10.2. The SMILES string of the molecule is COC(=O)CCC(=O)c1sccc1Br. The van der Waals surface area contributed by atoms with Crippen LogP contribution in [-0.4, -0.2) is 18.9 Å². The van der Waals surface area contributed by atoms with Crippen molar-refractivity contribution in [1.82, 2.24) is 0 Å². The Bertz CT molecular complexity index is 346. The second kappa shape index (κ2) is 5.26. The molecule has 1 rings (SSSR count). The van der Waals surface area contributed by atoms with Crippen LogP contribution in [0.4, 0.5) is 0 Å². The van der Waals surface area contributed by atoms with Crippen LogP contribution < -0.4 is 0 Å². The third kappa shape index (κ3) is 2.92. The minimum atomic E-state index is -0.356. The number of rotatable bonds is 4. The molecular weight excluding hydrogens is 268 g/mol. The number of halogens is 1. The molecule has 0 aliphatic heterocycles. The molecule has 0 radical (unpaired) electrons. The highest BCUT2D eigenvalue weighted by Crippen LogP contribution is 2.24. The van der Waals surface area contributed by atoms with Crippen molar-refractivity contribution in [2.45, 2.75) is 12.8 Å². The van der Waals surface area contributed by atoms with Gasteiger partial charge in [0.15, 0.2) is 5.78 Å². The molecule has 0 amide bonds. The van der Waals surface area contributed by atoms with E-state index in [2.05, 4.69) is 20.7 Å². The topological polar surface area (TPSA) is 43.4 Å². The van der Waals surface area contributed by atoms with Crippen molar-refractivity contribution in [2.75, 3.05) is 7.11 Å². The van der Waals surface area contributed by atoms with Crippen LogP contribution in [0.2, 0.25) is 0 Å². The predicted molar refractivity (Wildman–Crippen MR) is 57.6 cm³/mol. The van der Waals surface area contributed by atoms with Crippen LogP contribution in [0, 0.1) is 0 Å². The van der Waals surface area contributed by atoms with E-state index in [0.717, 1.165) is 4.47 Å². The summed E-state index contributed by atoms with van der Waals surface area (Å²) in [7, 11) is 1.31. The third-order valence-electron chi connectivity index (χ3n) is 1.65. The summed E-state index contributed by atoms with van der Waals surface area (Å²) in [6.45, 7) is 0. The van der Waals surface area contributed by atoms with Crippen LogP contribution >= 0.6 is 27.3 Å². The number of Topliss-reactive ketones (excluding diaryl/α,β-unsaturated/α-hetero) is 1. The van der Waals surface area contributed by atoms with Crippen LogP contribution in [0.15, 0.2) is 15.9 Å². The summed E-state index contributed by atoms with van der Waals surface area (Å²) in [6.07, 6.45) is 0.339. The van der Waals surface area contributed by atoms with Gasteiger partial charge in [-0.3, -0.25) is 9.59 Å². The first-order chi connectivity index (χ1) is 6.65. The van der Waals surface area contributed by atoms with Gasteiger partial charge in [0, 0.05) is 10.9 Å². The van der Waals surface area contributed by atoms with Gasteiger partial charge in [-0.1, -0.05) is 0 Å². The maximum Gasteiger partial charge on any atom is 0.305 e. The first kappa shape index (κ1) is 11.4. The van der Waals surface area contributed by atoms with Crippen molar-refractivity contribution in [3.63, 3.8) is 0 Å². The molecule has 14 heavy (non-hydrogen) atoms. The number of hydrogen-bond acceptors (Lipinski definition) is 4. The lowest BCUT2D eigenvalue weighted by molar-refractivity contribution is -0.140. The minimum Gasteiger partial charge on any atom is -0.469 e. The lowest BCUT2D eigenvalue weighted by Crippen LogP contribution is -2.05. The summed E-state index contributed by atoms with van der Waals surface area (Å²) < 4.78 is 5.24. The average molecular weight is 277 g/mol. The number of carbonyl (C=O) groups is 2. The molecule has 0 bridgehead atoms. The quantitative estimate of drug-likeness (QED) is 0.627. The van der Waals surface area contributed by atoms with Gasteiger partial charge >= 0.3 is 5.97 Å². The van der Waals surface area contributed by atoms with Crippen LogP contribution in [0.3, 0.4) is 0 Å². The summed E-state index contributed by atoms with van der Waals surface area (Å²) in [5, 5.41) is 1.83. The molecule has 0 spiro atoms. The zero-order chi connectivity index (χ0) is 10.6. The first-order valence-electron chi connectivity index (χ1n) is 3.98. The molecule has 76 valence electrons. The van der Waals surface area contributed by atoms with Gasteiger partial charge in [-0.25, -0.2) is 0 Å². The Morgan fingerprint density at radius 1 is 1.50 bits per heavy atom. The number of esters is 1. The van der Waals surface area contributed by atoms with Gasteiger partial charge in [-0.15, -0.1) is 11.3 Å². The van der Waals surface area contributed by atoms with Gasteiger partial charge in [0.25, 0.3) is 0 Å². The zero-order valence-electron chi connectivity index (χ0n) is 7.58. The van der Waals surface area contributed by atoms with E-state index in [-0.39, 0.29) is 24.6 Å². The Hall–Kier alpha value is -0.680. The fourth-order valence-corrected chi connectivity index (χ4v) is 2.49.